The van der Waals surface area contributed by atoms with E-state index in [1.54, 1.807) is 0 Å². The molecule has 19 heavy (non-hydrogen) atoms. The standard InChI is InChI=1S/C15H16BrN3/c1-19(10-11-5-7-13(16)8-6-11)14-4-2-3-12(9-14)15(17)18/h2-9H,10H2,1H3,(H3,17,18). The summed E-state index contributed by atoms with van der Waals surface area (Å²) in [7, 11) is 2.03. The van der Waals surface area contributed by atoms with Crippen molar-refractivity contribution < 1.29 is 0 Å². The molecular weight excluding hydrogens is 302 g/mol. The molecule has 0 spiro atoms. The molecule has 0 heterocycles. The van der Waals surface area contributed by atoms with Gasteiger partial charge in [-0.25, -0.2) is 0 Å². The Kier molecular flexibility index (Phi) is 4.22. The Bertz CT molecular complexity index is 578. The number of amidine groups is 1. The molecule has 0 radical (unpaired) electrons. The zero-order chi connectivity index (χ0) is 13.8. The molecule has 0 atom stereocenters. The Balaban J connectivity index is 2.15. The summed E-state index contributed by atoms with van der Waals surface area (Å²) in [5, 5.41) is 7.47. The van der Waals surface area contributed by atoms with E-state index < -0.39 is 0 Å². The van der Waals surface area contributed by atoms with E-state index in [0.29, 0.717) is 0 Å². The van der Waals surface area contributed by atoms with Crippen LogP contribution >= 0.6 is 15.9 Å². The molecule has 0 bridgehead atoms. The van der Waals surface area contributed by atoms with E-state index in [1.165, 1.54) is 5.56 Å². The maximum atomic E-state index is 7.47. The summed E-state index contributed by atoms with van der Waals surface area (Å²) in [5.41, 5.74) is 8.55. The van der Waals surface area contributed by atoms with Gasteiger partial charge in [0.2, 0.25) is 0 Å². The SMILES string of the molecule is CN(Cc1ccc(Br)cc1)c1cccc(C(=N)N)c1. The van der Waals surface area contributed by atoms with Gasteiger partial charge in [0.15, 0.2) is 0 Å². The van der Waals surface area contributed by atoms with E-state index in [2.05, 4.69) is 33.0 Å². The summed E-state index contributed by atoms with van der Waals surface area (Å²) in [6, 6.07) is 16.0. The molecule has 0 unspecified atom stereocenters. The van der Waals surface area contributed by atoms with Gasteiger partial charge in [-0.05, 0) is 29.8 Å². The first kappa shape index (κ1) is 13.6. The molecule has 98 valence electrons. The molecule has 0 aromatic heterocycles. The minimum Gasteiger partial charge on any atom is -0.384 e. The van der Waals surface area contributed by atoms with Crippen molar-refractivity contribution in [3.63, 3.8) is 0 Å². The highest BCUT2D eigenvalue weighted by molar-refractivity contribution is 9.10. The number of nitrogens with two attached hydrogens (primary N) is 1. The fourth-order valence-corrected chi connectivity index (χ4v) is 2.13. The first-order valence-electron chi connectivity index (χ1n) is 5.96. The van der Waals surface area contributed by atoms with Crippen LogP contribution in [0, 0.1) is 5.41 Å². The van der Waals surface area contributed by atoms with Gasteiger partial charge in [-0.3, -0.25) is 5.41 Å². The second kappa shape index (κ2) is 5.89. The van der Waals surface area contributed by atoms with Crippen LogP contribution in [0.25, 0.3) is 0 Å². The lowest BCUT2D eigenvalue weighted by Crippen LogP contribution is -2.18. The molecular formula is C15H16BrN3. The summed E-state index contributed by atoms with van der Waals surface area (Å²) in [6.45, 7) is 0.814. The third kappa shape index (κ3) is 3.58. The number of halogens is 1. The predicted molar refractivity (Wildman–Crippen MR) is 83.7 cm³/mol. The van der Waals surface area contributed by atoms with E-state index >= 15 is 0 Å². The van der Waals surface area contributed by atoms with E-state index in [1.807, 2.05) is 43.4 Å². The van der Waals surface area contributed by atoms with Crippen molar-refractivity contribution in [3.8, 4) is 0 Å². The van der Waals surface area contributed by atoms with Crippen LogP contribution in [-0.2, 0) is 6.54 Å². The molecule has 4 heteroatoms. The summed E-state index contributed by atoms with van der Waals surface area (Å²) >= 11 is 3.43. The largest absolute Gasteiger partial charge is 0.384 e. The number of nitrogens with one attached hydrogen (secondary N) is 1. The van der Waals surface area contributed by atoms with Crippen LogP contribution in [0.4, 0.5) is 5.69 Å². The monoisotopic (exact) mass is 317 g/mol. The zero-order valence-electron chi connectivity index (χ0n) is 10.7. The lowest BCUT2D eigenvalue weighted by Gasteiger charge is -2.20. The van der Waals surface area contributed by atoms with Crippen LogP contribution in [0.2, 0.25) is 0 Å². The Labute approximate surface area is 121 Å². The van der Waals surface area contributed by atoms with E-state index in [9.17, 15) is 0 Å². The molecule has 0 fully saturated rings. The first-order chi connectivity index (χ1) is 9.06. The lowest BCUT2D eigenvalue weighted by molar-refractivity contribution is 0.922. The fourth-order valence-electron chi connectivity index (χ4n) is 1.87. The highest BCUT2D eigenvalue weighted by atomic mass is 79.9. The number of anilines is 1. The van der Waals surface area contributed by atoms with Crippen molar-refractivity contribution in [2.75, 3.05) is 11.9 Å². The van der Waals surface area contributed by atoms with Gasteiger partial charge in [0, 0.05) is 29.3 Å². The van der Waals surface area contributed by atoms with E-state index in [-0.39, 0.29) is 5.84 Å². The Morgan fingerprint density at radius 3 is 2.53 bits per heavy atom. The minimum atomic E-state index is 0.0962. The second-order valence-corrected chi connectivity index (χ2v) is 5.36. The molecule has 2 aromatic rings. The van der Waals surface area contributed by atoms with Crippen molar-refractivity contribution in [3.05, 3.63) is 64.1 Å². The first-order valence-corrected chi connectivity index (χ1v) is 6.75. The number of benzene rings is 2. The van der Waals surface area contributed by atoms with Crippen LogP contribution in [0.1, 0.15) is 11.1 Å². The number of nitrogens with zero attached hydrogens (tertiary/aromatic N) is 1. The Morgan fingerprint density at radius 2 is 1.89 bits per heavy atom. The minimum absolute atomic E-state index is 0.0962. The van der Waals surface area contributed by atoms with Gasteiger partial charge in [0.1, 0.15) is 5.84 Å². The quantitative estimate of drug-likeness (QED) is 0.671. The van der Waals surface area contributed by atoms with Gasteiger partial charge < -0.3 is 10.6 Å². The molecule has 0 aliphatic carbocycles. The maximum Gasteiger partial charge on any atom is 0.122 e. The van der Waals surface area contributed by atoms with E-state index in [4.69, 9.17) is 11.1 Å². The average Bonchev–Trinajstić information content (AvgIpc) is 2.41. The molecule has 3 nitrogen and oxygen atoms in total. The van der Waals surface area contributed by atoms with Gasteiger partial charge in [-0.15, -0.1) is 0 Å². The molecule has 0 aliphatic rings. The maximum absolute atomic E-state index is 7.47. The van der Waals surface area contributed by atoms with Crippen LogP contribution in [0.3, 0.4) is 0 Å². The number of hydrogen-bond donors (Lipinski definition) is 2. The molecule has 0 amide bonds. The highest BCUT2D eigenvalue weighted by Gasteiger charge is 2.04. The summed E-state index contributed by atoms with van der Waals surface area (Å²) in [5.74, 6) is 0.0962. The van der Waals surface area contributed by atoms with Crippen LogP contribution in [0.15, 0.2) is 53.0 Å². The van der Waals surface area contributed by atoms with Crippen molar-refractivity contribution in [2.45, 2.75) is 6.54 Å². The Hall–Kier alpha value is -1.81. The molecule has 0 saturated carbocycles. The third-order valence-electron chi connectivity index (χ3n) is 2.93. The summed E-state index contributed by atoms with van der Waals surface area (Å²) in [6.07, 6.45) is 0. The van der Waals surface area contributed by atoms with Gasteiger partial charge in [-0.1, -0.05) is 40.2 Å². The van der Waals surface area contributed by atoms with Crippen molar-refractivity contribution in [2.24, 2.45) is 5.73 Å². The summed E-state index contributed by atoms with van der Waals surface area (Å²) in [4.78, 5) is 2.13. The van der Waals surface area contributed by atoms with Crippen molar-refractivity contribution in [1.82, 2.24) is 0 Å². The highest BCUT2D eigenvalue weighted by Crippen LogP contribution is 2.18. The number of nitrogen functional groups attached to an aromatic ring is 1. The molecule has 2 rings (SSSR count). The fraction of sp³-hybridized carbons (Fsp3) is 0.133. The lowest BCUT2D eigenvalue weighted by atomic mass is 10.1. The topological polar surface area (TPSA) is 53.1 Å². The van der Waals surface area contributed by atoms with Gasteiger partial charge >= 0.3 is 0 Å². The van der Waals surface area contributed by atoms with Crippen LogP contribution < -0.4 is 10.6 Å². The molecule has 0 aliphatic heterocycles. The van der Waals surface area contributed by atoms with Crippen LogP contribution in [-0.4, -0.2) is 12.9 Å². The normalized spacial score (nSPS) is 10.2. The molecule has 3 N–H and O–H groups in total. The van der Waals surface area contributed by atoms with Crippen molar-refractivity contribution >= 4 is 27.5 Å². The predicted octanol–water partition coefficient (Wildman–Crippen LogP) is 3.37. The average molecular weight is 318 g/mol. The molecule has 0 saturated heterocycles. The number of hydrogen-bond acceptors (Lipinski definition) is 2. The van der Waals surface area contributed by atoms with Gasteiger partial charge in [-0.2, -0.15) is 0 Å². The van der Waals surface area contributed by atoms with E-state index in [0.717, 1.165) is 22.3 Å². The van der Waals surface area contributed by atoms with Crippen LogP contribution in [0.5, 0.6) is 0 Å². The van der Waals surface area contributed by atoms with Gasteiger partial charge in [0.25, 0.3) is 0 Å². The second-order valence-electron chi connectivity index (χ2n) is 4.45. The van der Waals surface area contributed by atoms with Gasteiger partial charge in [0.05, 0.1) is 0 Å². The third-order valence-corrected chi connectivity index (χ3v) is 3.46. The number of rotatable bonds is 4. The molecule has 2 aromatic carbocycles. The van der Waals surface area contributed by atoms with Crippen molar-refractivity contribution in [1.29, 1.82) is 5.41 Å². The smallest absolute Gasteiger partial charge is 0.122 e. The summed E-state index contributed by atoms with van der Waals surface area (Å²) < 4.78 is 1.08. The Morgan fingerprint density at radius 1 is 1.21 bits per heavy atom. The zero-order valence-corrected chi connectivity index (χ0v) is 12.3.